The molecule has 0 bridgehead atoms. The SMILES string of the molecule is NS(=O)(=O)N1CCc2ccccc2[C@@H]1Cc1ccccc1. The molecule has 0 amide bonds. The molecule has 0 aromatic heterocycles. The van der Waals surface area contributed by atoms with Crippen molar-refractivity contribution in [3.05, 3.63) is 71.3 Å². The van der Waals surface area contributed by atoms with Crippen molar-refractivity contribution in [1.82, 2.24) is 4.31 Å². The van der Waals surface area contributed by atoms with E-state index >= 15 is 0 Å². The lowest BCUT2D eigenvalue weighted by atomic mass is 9.90. The first-order chi connectivity index (χ1) is 10.1. The highest BCUT2D eigenvalue weighted by atomic mass is 32.2. The van der Waals surface area contributed by atoms with Gasteiger partial charge in [0.1, 0.15) is 0 Å². The third-order valence-corrected chi connectivity index (χ3v) is 5.05. The highest BCUT2D eigenvalue weighted by Crippen LogP contribution is 2.33. The quantitative estimate of drug-likeness (QED) is 0.943. The van der Waals surface area contributed by atoms with Crippen molar-refractivity contribution < 1.29 is 8.42 Å². The fraction of sp³-hybridized carbons (Fsp3) is 0.250. The standard InChI is InChI=1S/C16H18N2O2S/c17-21(19,20)18-11-10-14-8-4-5-9-15(14)16(18)12-13-6-2-1-3-7-13/h1-9,16H,10-12H2,(H2,17,19,20)/t16-/m0/s1. The lowest BCUT2D eigenvalue weighted by molar-refractivity contribution is 0.306. The number of hydrogen-bond acceptors (Lipinski definition) is 2. The van der Waals surface area contributed by atoms with Gasteiger partial charge in [-0.15, -0.1) is 0 Å². The topological polar surface area (TPSA) is 63.4 Å². The van der Waals surface area contributed by atoms with E-state index in [9.17, 15) is 8.42 Å². The normalized spacial score (nSPS) is 19.2. The first-order valence-electron chi connectivity index (χ1n) is 6.97. The summed E-state index contributed by atoms with van der Waals surface area (Å²) in [5.74, 6) is 0. The van der Waals surface area contributed by atoms with Gasteiger partial charge in [-0.3, -0.25) is 0 Å². The molecule has 2 aromatic carbocycles. The average molecular weight is 302 g/mol. The van der Waals surface area contributed by atoms with Gasteiger partial charge in [-0.2, -0.15) is 12.7 Å². The predicted octanol–water partition coefficient (Wildman–Crippen LogP) is 2.03. The van der Waals surface area contributed by atoms with Crippen LogP contribution in [-0.2, 0) is 23.1 Å². The first kappa shape index (κ1) is 14.3. The van der Waals surface area contributed by atoms with Crippen molar-refractivity contribution in [2.24, 2.45) is 5.14 Å². The molecule has 0 radical (unpaired) electrons. The lowest BCUT2D eigenvalue weighted by Crippen LogP contribution is -2.44. The molecule has 110 valence electrons. The monoisotopic (exact) mass is 302 g/mol. The van der Waals surface area contributed by atoms with E-state index < -0.39 is 10.2 Å². The van der Waals surface area contributed by atoms with Gasteiger partial charge in [0.05, 0.1) is 6.04 Å². The van der Waals surface area contributed by atoms with Crippen LogP contribution >= 0.6 is 0 Å². The second-order valence-corrected chi connectivity index (χ2v) is 6.81. The third kappa shape index (κ3) is 3.00. The molecule has 0 spiro atoms. The van der Waals surface area contributed by atoms with Crippen molar-refractivity contribution in [3.8, 4) is 0 Å². The van der Waals surface area contributed by atoms with E-state index in [2.05, 4.69) is 6.07 Å². The van der Waals surface area contributed by atoms with E-state index in [0.29, 0.717) is 19.4 Å². The summed E-state index contributed by atoms with van der Waals surface area (Å²) in [6.07, 6.45) is 1.34. The molecule has 21 heavy (non-hydrogen) atoms. The molecule has 2 aromatic rings. The van der Waals surface area contributed by atoms with E-state index in [1.807, 2.05) is 48.5 Å². The molecule has 0 unspecified atom stereocenters. The summed E-state index contributed by atoms with van der Waals surface area (Å²) < 4.78 is 25.2. The maximum absolute atomic E-state index is 11.9. The molecule has 1 aliphatic rings. The number of rotatable bonds is 3. The molecule has 4 nitrogen and oxygen atoms in total. The largest absolute Gasteiger partial charge is 0.277 e. The van der Waals surface area contributed by atoms with E-state index in [4.69, 9.17) is 5.14 Å². The van der Waals surface area contributed by atoms with Crippen LogP contribution in [0.1, 0.15) is 22.7 Å². The summed E-state index contributed by atoms with van der Waals surface area (Å²) in [4.78, 5) is 0. The van der Waals surface area contributed by atoms with Crippen LogP contribution in [-0.4, -0.2) is 19.3 Å². The van der Waals surface area contributed by atoms with Crippen molar-refractivity contribution in [1.29, 1.82) is 0 Å². The van der Waals surface area contributed by atoms with Gasteiger partial charge in [0.15, 0.2) is 0 Å². The molecule has 0 aliphatic carbocycles. The van der Waals surface area contributed by atoms with Crippen LogP contribution in [0.5, 0.6) is 0 Å². The number of hydrogen-bond donors (Lipinski definition) is 1. The van der Waals surface area contributed by atoms with Gasteiger partial charge in [-0.05, 0) is 29.5 Å². The Kier molecular flexibility index (Phi) is 3.80. The molecule has 2 N–H and O–H groups in total. The van der Waals surface area contributed by atoms with Crippen LogP contribution in [0.4, 0.5) is 0 Å². The van der Waals surface area contributed by atoms with E-state index in [1.165, 1.54) is 9.87 Å². The van der Waals surface area contributed by atoms with Gasteiger partial charge in [-0.1, -0.05) is 54.6 Å². The number of fused-ring (bicyclic) bond motifs is 1. The van der Waals surface area contributed by atoms with Crippen molar-refractivity contribution in [2.75, 3.05) is 6.54 Å². The van der Waals surface area contributed by atoms with Crippen LogP contribution in [0.15, 0.2) is 54.6 Å². The minimum Gasteiger partial charge on any atom is -0.216 e. The molecule has 5 heteroatoms. The van der Waals surface area contributed by atoms with Crippen LogP contribution in [0, 0.1) is 0 Å². The van der Waals surface area contributed by atoms with Crippen molar-refractivity contribution >= 4 is 10.2 Å². The Bertz CT molecular complexity index is 729. The second-order valence-electron chi connectivity index (χ2n) is 5.31. The molecule has 1 heterocycles. The summed E-state index contributed by atoms with van der Waals surface area (Å²) in [5, 5.41) is 5.41. The number of nitrogens with two attached hydrogens (primary N) is 1. The van der Waals surface area contributed by atoms with Gasteiger partial charge in [0.2, 0.25) is 0 Å². The maximum atomic E-state index is 11.9. The molecule has 3 rings (SSSR count). The zero-order valence-electron chi connectivity index (χ0n) is 11.6. The summed E-state index contributed by atoms with van der Waals surface area (Å²) in [6, 6.07) is 17.7. The smallest absolute Gasteiger partial charge is 0.216 e. The first-order valence-corrected chi connectivity index (χ1v) is 8.47. The lowest BCUT2D eigenvalue weighted by Gasteiger charge is -2.35. The highest BCUT2D eigenvalue weighted by Gasteiger charge is 2.33. The third-order valence-electron chi connectivity index (χ3n) is 3.96. The van der Waals surface area contributed by atoms with E-state index in [0.717, 1.165) is 11.1 Å². The Hall–Kier alpha value is -1.69. The Morgan fingerprint density at radius 1 is 1.05 bits per heavy atom. The highest BCUT2D eigenvalue weighted by molar-refractivity contribution is 7.86. The molecule has 1 atom stereocenters. The van der Waals surface area contributed by atoms with Gasteiger partial charge in [0.25, 0.3) is 10.2 Å². The Morgan fingerprint density at radius 2 is 1.71 bits per heavy atom. The predicted molar refractivity (Wildman–Crippen MR) is 82.8 cm³/mol. The summed E-state index contributed by atoms with van der Waals surface area (Å²) in [5.41, 5.74) is 3.37. The summed E-state index contributed by atoms with van der Waals surface area (Å²) in [6.45, 7) is 0.438. The molecular weight excluding hydrogens is 284 g/mol. The fourth-order valence-electron chi connectivity index (χ4n) is 2.98. The number of nitrogens with zero attached hydrogens (tertiary/aromatic N) is 1. The van der Waals surface area contributed by atoms with Gasteiger partial charge in [-0.25, -0.2) is 5.14 Å². The average Bonchev–Trinajstić information content (AvgIpc) is 2.47. The van der Waals surface area contributed by atoms with Crippen LogP contribution < -0.4 is 5.14 Å². The molecule has 0 saturated heterocycles. The number of benzene rings is 2. The van der Waals surface area contributed by atoms with Crippen LogP contribution in [0.25, 0.3) is 0 Å². The van der Waals surface area contributed by atoms with E-state index in [-0.39, 0.29) is 6.04 Å². The zero-order chi connectivity index (χ0) is 14.9. The maximum Gasteiger partial charge on any atom is 0.277 e. The molecule has 0 saturated carbocycles. The van der Waals surface area contributed by atoms with E-state index in [1.54, 1.807) is 0 Å². The Labute approximate surface area is 125 Å². The second kappa shape index (κ2) is 5.60. The van der Waals surface area contributed by atoms with Gasteiger partial charge in [0, 0.05) is 6.54 Å². The zero-order valence-corrected chi connectivity index (χ0v) is 12.5. The molecule has 0 fully saturated rings. The van der Waals surface area contributed by atoms with Crippen LogP contribution in [0.2, 0.25) is 0 Å². The van der Waals surface area contributed by atoms with Gasteiger partial charge < -0.3 is 0 Å². The van der Waals surface area contributed by atoms with Gasteiger partial charge >= 0.3 is 0 Å². The molecular formula is C16H18N2O2S. The Balaban J connectivity index is 2.02. The Morgan fingerprint density at radius 3 is 2.43 bits per heavy atom. The van der Waals surface area contributed by atoms with Crippen molar-refractivity contribution in [3.63, 3.8) is 0 Å². The minimum absolute atomic E-state index is 0.229. The fourth-order valence-corrected chi connectivity index (χ4v) is 3.87. The minimum atomic E-state index is -3.70. The summed E-state index contributed by atoms with van der Waals surface area (Å²) >= 11 is 0. The van der Waals surface area contributed by atoms with Crippen LogP contribution in [0.3, 0.4) is 0 Å². The van der Waals surface area contributed by atoms with Crippen molar-refractivity contribution in [2.45, 2.75) is 18.9 Å². The summed E-state index contributed by atoms with van der Waals surface area (Å²) in [7, 11) is -3.70. The molecule has 1 aliphatic heterocycles.